The number of morpholine rings is 1. The van der Waals surface area contributed by atoms with Gasteiger partial charge >= 0.3 is 0 Å². The van der Waals surface area contributed by atoms with Gasteiger partial charge in [-0.1, -0.05) is 28.1 Å². The van der Waals surface area contributed by atoms with Gasteiger partial charge in [0.1, 0.15) is 5.76 Å². The lowest BCUT2D eigenvalue weighted by atomic mass is 10.1. The molecule has 3 heterocycles. The van der Waals surface area contributed by atoms with Crippen molar-refractivity contribution in [2.24, 2.45) is 0 Å². The zero-order valence-electron chi connectivity index (χ0n) is 15.0. The molecule has 8 heteroatoms. The summed E-state index contributed by atoms with van der Waals surface area (Å²) in [5, 5.41) is 0.0529. The summed E-state index contributed by atoms with van der Waals surface area (Å²) in [5.74, 6) is 0.671. The largest absolute Gasteiger partial charge is 0.447 e. The molecule has 1 aromatic carbocycles. The molecule has 0 bridgehead atoms. The second-order valence-electron chi connectivity index (χ2n) is 6.98. The van der Waals surface area contributed by atoms with Crippen LogP contribution in [0.15, 0.2) is 50.4 Å². The van der Waals surface area contributed by atoms with Gasteiger partial charge in [-0.15, -0.1) is 0 Å². The van der Waals surface area contributed by atoms with Crippen molar-refractivity contribution in [3.8, 4) is 0 Å². The van der Waals surface area contributed by atoms with Crippen LogP contribution in [0.4, 0.5) is 0 Å². The van der Waals surface area contributed by atoms with Gasteiger partial charge in [0.25, 0.3) is 10.0 Å². The van der Waals surface area contributed by atoms with Crippen molar-refractivity contribution in [2.45, 2.75) is 30.6 Å². The molecule has 4 rings (SSSR count). The molecule has 2 aliphatic rings. The summed E-state index contributed by atoms with van der Waals surface area (Å²) in [4.78, 5) is 2.24. The van der Waals surface area contributed by atoms with Gasteiger partial charge in [0.2, 0.25) is 5.09 Å². The van der Waals surface area contributed by atoms with Crippen LogP contribution in [0, 0.1) is 0 Å². The summed E-state index contributed by atoms with van der Waals surface area (Å²) in [7, 11) is -3.50. The normalized spacial score (nSPS) is 22.3. The highest BCUT2D eigenvalue weighted by Crippen LogP contribution is 2.26. The third-order valence-corrected chi connectivity index (χ3v) is 7.37. The number of hydrogen-bond acceptors (Lipinski definition) is 5. The molecule has 2 aromatic rings. The second kappa shape index (κ2) is 8.05. The zero-order chi connectivity index (χ0) is 18.9. The molecule has 0 aliphatic carbocycles. The van der Waals surface area contributed by atoms with E-state index in [0.29, 0.717) is 32.0 Å². The number of rotatable bonds is 5. The quantitative estimate of drug-likeness (QED) is 0.692. The van der Waals surface area contributed by atoms with Gasteiger partial charge in [-0.25, -0.2) is 8.42 Å². The summed E-state index contributed by atoms with van der Waals surface area (Å²) in [6.07, 6.45) is 1.84. The molecule has 0 amide bonds. The van der Waals surface area contributed by atoms with Crippen LogP contribution in [-0.4, -0.2) is 50.4 Å². The van der Waals surface area contributed by atoms with Crippen LogP contribution >= 0.6 is 15.9 Å². The first kappa shape index (κ1) is 19.1. The monoisotopic (exact) mass is 454 g/mol. The Morgan fingerprint density at radius 3 is 2.52 bits per heavy atom. The fourth-order valence-electron chi connectivity index (χ4n) is 3.58. The Morgan fingerprint density at radius 2 is 1.78 bits per heavy atom. The van der Waals surface area contributed by atoms with Crippen LogP contribution in [0.5, 0.6) is 0 Å². The Bertz CT molecular complexity index is 875. The van der Waals surface area contributed by atoms with Crippen LogP contribution in [0.2, 0.25) is 0 Å². The number of benzene rings is 1. The molecule has 1 atom stereocenters. The standard InChI is InChI=1S/C19H23BrN2O4S/c20-16-5-3-15(4-6-16)18-14-21(11-12-25-18)13-17-7-8-19(26-17)27(23,24)22-9-1-2-10-22/h3-8,18H,1-2,9-14H2. The smallest absolute Gasteiger partial charge is 0.276 e. The lowest BCUT2D eigenvalue weighted by Gasteiger charge is -2.32. The molecular weight excluding hydrogens is 432 g/mol. The molecule has 0 spiro atoms. The lowest BCUT2D eigenvalue weighted by molar-refractivity contribution is -0.0349. The SMILES string of the molecule is O=S(=O)(c1ccc(CN2CCOC(c3ccc(Br)cc3)C2)o1)N1CCCC1. The van der Waals surface area contributed by atoms with Crippen LogP contribution in [0.1, 0.15) is 30.3 Å². The Labute approximate surface area is 168 Å². The molecular formula is C19H23BrN2O4S. The maximum absolute atomic E-state index is 12.6. The first-order chi connectivity index (χ1) is 13.0. The summed E-state index contributed by atoms with van der Waals surface area (Å²) in [6, 6.07) is 11.5. The molecule has 1 unspecified atom stereocenters. The van der Waals surface area contributed by atoms with E-state index in [1.165, 1.54) is 4.31 Å². The van der Waals surface area contributed by atoms with Crippen molar-refractivity contribution in [1.29, 1.82) is 0 Å². The minimum absolute atomic E-state index is 0.00890. The number of hydrogen-bond donors (Lipinski definition) is 0. The van der Waals surface area contributed by atoms with E-state index in [-0.39, 0.29) is 11.2 Å². The number of nitrogens with zero attached hydrogens (tertiary/aromatic N) is 2. The number of ether oxygens (including phenoxy) is 1. The van der Waals surface area contributed by atoms with E-state index in [9.17, 15) is 8.42 Å². The van der Waals surface area contributed by atoms with Crippen LogP contribution in [0.25, 0.3) is 0 Å². The number of sulfonamides is 1. The molecule has 1 aromatic heterocycles. The molecule has 6 nitrogen and oxygen atoms in total. The van der Waals surface area contributed by atoms with Gasteiger partial charge in [0, 0.05) is 30.7 Å². The number of furan rings is 1. The van der Waals surface area contributed by atoms with Gasteiger partial charge in [0.05, 0.1) is 19.3 Å². The molecule has 2 saturated heterocycles. The van der Waals surface area contributed by atoms with E-state index < -0.39 is 10.0 Å². The maximum atomic E-state index is 12.6. The van der Waals surface area contributed by atoms with Gasteiger partial charge < -0.3 is 9.15 Å². The Balaban J connectivity index is 1.42. The van der Waals surface area contributed by atoms with Gasteiger partial charge in [-0.3, -0.25) is 4.90 Å². The lowest BCUT2D eigenvalue weighted by Crippen LogP contribution is -2.37. The highest BCUT2D eigenvalue weighted by Gasteiger charge is 2.30. The van der Waals surface area contributed by atoms with Crippen molar-refractivity contribution >= 4 is 26.0 Å². The molecule has 27 heavy (non-hydrogen) atoms. The van der Waals surface area contributed by atoms with Crippen molar-refractivity contribution in [3.05, 3.63) is 52.2 Å². The first-order valence-corrected chi connectivity index (χ1v) is 11.4. The van der Waals surface area contributed by atoms with Crippen molar-refractivity contribution < 1.29 is 17.6 Å². The summed E-state index contributed by atoms with van der Waals surface area (Å²) in [6.45, 7) is 3.91. The van der Waals surface area contributed by atoms with Crippen LogP contribution in [0.3, 0.4) is 0 Å². The molecule has 2 fully saturated rings. The maximum Gasteiger partial charge on any atom is 0.276 e. The average molecular weight is 455 g/mol. The second-order valence-corrected chi connectivity index (χ2v) is 9.76. The average Bonchev–Trinajstić information content (AvgIpc) is 3.35. The number of halogens is 1. The topological polar surface area (TPSA) is 63.0 Å². The summed E-state index contributed by atoms with van der Waals surface area (Å²) >= 11 is 3.45. The molecule has 2 aliphatic heterocycles. The molecule has 0 radical (unpaired) electrons. The van der Waals surface area contributed by atoms with E-state index in [0.717, 1.165) is 36.0 Å². The minimum Gasteiger partial charge on any atom is -0.447 e. The highest BCUT2D eigenvalue weighted by atomic mass is 79.9. The Kier molecular flexibility index (Phi) is 5.70. The highest BCUT2D eigenvalue weighted by molar-refractivity contribution is 9.10. The van der Waals surface area contributed by atoms with E-state index in [2.05, 4.69) is 33.0 Å². The predicted octanol–water partition coefficient (Wildman–Crippen LogP) is 3.40. The summed E-state index contributed by atoms with van der Waals surface area (Å²) < 4.78 is 39.4. The van der Waals surface area contributed by atoms with Gasteiger partial charge in [-0.05, 0) is 42.7 Å². The van der Waals surface area contributed by atoms with Crippen LogP contribution in [-0.2, 0) is 21.3 Å². The van der Waals surface area contributed by atoms with Crippen molar-refractivity contribution in [1.82, 2.24) is 9.21 Å². The summed E-state index contributed by atoms with van der Waals surface area (Å²) in [5.41, 5.74) is 1.14. The van der Waals surface area contributed by atoms with E-state index in [1.807, 2.05) is 12.1 Å². The molecule has 0 saturated carbocycles. The minimum atomic E-state index is -3.50. The fraction of sp³-hybridized carbons (Fsp3) is 0.474. The predicted molar refractivity (Wildman–Crippen MR) is 105 cm³/mol. The third-order valence-electron chi connectivity index (χ3n) is 5.07. The molecule has 146 valence electrons. The van der Waals surface area contributed by atoms with Crippen molar-refractivity contribution in [2.75, 3.05) is 32.8 Å². The zero-order valence-corrected chi connectivity index (χ0v) is 17.4. The van der Waals surface area contributed by atoms with Crippen LogP contribution < -0.4 is 0 Å². The Hall–Kier alpha value is -1.19. The van der Waals surface area contributed by atoms with Gasteiger partial charge in [0.15, 0.2) is 0 Å². The Morgan fingerprint density at radius 1 is 1.04 bits per heavy atom. The third kappa shape index (κ3) is 4.30. The van der Waals surface area contributed by atoms with Gasteiger partial charge in [-0.2, -0.15) is 4.31 Å². The van der Waals surface area contributed by atoms with E-state index >= 15 is 0 Å². The van der Waals surface area contributed by atoms with Crippen molar-refractivity contribution in [3.63, 3.8) is 0 Å². The first-order valence-electron chi connectivity index (χ1n) is 9.21. The fourth-order valence-corrected chi connectivity index (χ4v) is 5.29. The van der Waals surface area contributed by atoms with E-state index in [4.69, 9.17) is 9.15 Å². The van der Waals surface area contributed by atoms with E-state index in [1.54, 1.807) is 12.1 Å². The molecule has 0 N–H and O–H groups in total.